The van der Waals surface area contributed by atoms with Gasteiger partial charge < -0.3 is 24.7 Å². The maximum Gasteiger partial charge on any atom is 0.266 e. The number of aliphatic hydroxyl groups is 2. The van der Waals surface area contributed by atoms with Gasteiger partial charge in [0.2, 0.25) is 6.10 Å². The molecule has 1 rings (SSSR count). The highest BCUT2D eigenvalue weighted by molar-refractivity contribution is 5.90. The van der Waals surface area contributed by atoms with Gasteiger partial charge in [-0.3, -0.25) is 9.59 Å². The van der Waals surface area contributed by atoms with E-state index in [1.54, 1.807) is 6.08 Å². The number of carbonyl (C=O) groups excluding carboxylic acids is 2. The number of carbonyl (C=O) groups is 2. The lowest BCUT2D eigenvalue weighted by atomic mass is 9.70. The smallest absolute Gasteiger partial charge is 0.266 e. The van der Waals surface area contributed by atoms with E-state index in [-0.39, 0.29) is 11.3 Å². The molecule has 0 aliphatic heterocycles. The Labute approximate surface area is 156 Å². The molecule has 7 heteroatoms. The lowest BCUT2D eigenvalue weighted by Gasteiger charge is -2.41. The highest BCUT2D eigenvalue weighted by atomic mass is 16.5. The topological polar surface area (TPSA) is 90.3 Å². The summed E-state index contributed by atoms with van der Waals surface area (Å²) >= 11 is 0. The lowest BCUT2D eigenvalue weighted by Crippen LogP contribution is -2.49. The Balaban J connectivity index is 2.94. The lowest BCUT2D eigenvalue weighted by molar-refractivity contribution is -0.155. The molecule has 1 saturated carbocycles. The molecule has 0 aromatic rings. The van der Waals surface area contributed by atoms with E-state index in [2.05, 4.69) is 0 Å². The van der Waals surface area contributed by atoms with Crippen LogP contribution in [0.25, 0.3) is 0 Å². The Morgan fingerprint density at radius 1 is 1.15 bits per heavy atom. The quantitative estimate of drug-likeness (QED) is 0.681. The third kappa shape index (κ3) is 4.76. The van der Waals surface area contributed by atoms with Gasteiger partial charge in [0.1, 0.15) is 0 Å². The molecule has 0 aromatic heterocycles. The molecule has 1 aliphatic carbocycles. The van der Waals surface area contributed by atoms with Gasteiger partial charge in [-0.15, -0.1) is 0 Å². The second kappa shape index (κ2) is 8.39. The van der Waals surface area contributed by atoms with Crippen molar-refractivity contribution >= 4 is 11.8 Å². The average Bonchev–Trinajstić information content (AvgIpc) is 2.91. The first-order chi connectivity index (χ1) is 11.8. The standard InChI is InChI=1S/C19H34N2O5/c1-18(2,3)19(25)11-8-9-13(19)10-12-26-15(17(24)21(6)7)14(22)16(23)20(4)5/h10,12-15,22,25H,8-9,11H2,1-7H3/b12-10+/t13-,14-,15-,19-/m1/s1. The first kappa shape index (κ1) is 22.4. The fourth-order valence-electron chi connectivity index (χ4n) is 3.34. The maximum absolute atomic E-state index is 12.3. The second-order valence-corrected chi connectivity index (χ2v) is 8.47. The van der Waals surface area contributed by atoms with Gasteiger partial charge in [-0.25, -0.2) is 0 Å². The molecule has 0 unspecified atom stereocenters. The van der Waals surface area contributed by atoms with Crippen molar-refractivity contribution in [1.82, 2.24) is 9.80 Å². The number of hydrogen-bond acceptors (Lipinski definition) is 5. The number of aliphatic hydroxyl groups excluding tert-OH is 1. The molecular weight excluding hydrogens is 336 g/mol. The van der Waals surface area contributed by atoms with Crippen molar-refractivity contribution in [2.45, 2.75) is 57.8 Å². The average molecular weight is 370 g/mol. The third-order valence-corrected chi connectivity index (χ3v) is 5.19. The molecule has 0 saturated heterocycles. The van der Waals surface area contributed by atoms with Crippen molar-refractivity contribution in [2.24, 2.45) is 11.3 Å². The Kier molecular flexibility index (Phi) is 7.24. The van der Waals surface area contributed by atoms with Crippen LogP contribution in [0.15, 0.2) is 12.3 Å². The SMILES string of the molecule is CN(C)C(=O)[C@H](O)[C@@H](O/C=C/[C@H]1CCC[C@]1(O)C(C)(C)C)C(=O)N(C)C. The van der Waals surface area contributed by atoms with E-state index < -0.39 is 29.6 Å². The molecule has 0 aromatic carbocycles. The molecule has 0 radical (unpaired) electrons. The fourth-order valence-corrected chi connectivity index (χ4v) is 3.34. The molecular formula is C19H34N2O5. The maximum atomic E-state index is 12.3. The van der Waals surface area contributed by atoms with Crippen LogP contribution >= 0.6 is 0 Å². The van der Waals surface area contributed by atoms with Crippen molar-refractivity contribution in [3.05, 3.63) is 12.3 Å². The zero-order valence-corrected chi connectivity index (χ0v) is 17.0. The van der Waals surface area contributed by atoms with E-state index in [0.717, 1.165) is 12.8 Å². The van der Waals surface area contributed by atoms with Crippen molar-refractivity contribution in [1.29, 1.82) is 0 Å². The molecule has 1 fully saturated rings. The summed E-state index contributed by atoms with van der Waals surface area (Å²) in [6, 6.07) is 0. The summed E-state index contributed by atoms with van der Waals surface area (Å²) in [4.78, 5) is 26.8. The molecule has 4 atom stereocenters. The molecule has 150 valence electrons. The highest BCUT2D eigenvalue weighted by Crippen LogP contribution is 2.47. The first-order valence-electron chi connectivity index (χ1n) is 8.98. The number of hydrogen-bond donors (Lipinski definition) is 2. The van der Waals surface area contributed by atoms with Crippen LogP contribution in [0.4, 0.5) is 0 Å². The number of likely N-dealkylation sites (N-methyl/N-ethyl adjacent to an activating group) is 2. The summed E-state index contributed by atoms with van der Waals surface area (Å²) in [6.45, 7) is 5.99. The second-order valence-electron chi connectivity index (χ2n) is 8.47. The Hall–Kier alpha value is -1.60. The zero-order chi connectivity index (χ0) is 20.3. The van der Waals surface area contributed by atoms with Gasteiger partial charge >= 0.3 is 0 Å². The van der Waals surface area contributed by atoms with Gasteiger partial charge in [0, 0.05) is 34.1 Å². The summed E-state index contributed by atoms with van der Waals surface area (Å²) in [6.07, 6.45) is 2.57. The minimum atomic E-state index is -1.60. The van der Waals surface area contributed by atoms with Crippen LogP contribution in [0.3, 0.4) is 0 Å². The van der Waals surface area contributed by atoms with Gasteiger partial charge in [0.15, 0.2) is 6.10 Å². The number of amides is 2. The van der Waals surface area contributed by atoms with E-state index in [9.17, 15) is 19.8 Å². The predicted molar refractivity (Wildman–Crippen MR) is 99.2 cm³/mol. The Morgan fingerprint density at radius 3 is 2.15 bits per heavy atom. The molecule has 7 nitrogen and oxygen atoms in total. The van der Waals surface area contributed by atoms with Crippen molar-refractivity contribution < 1.29 is 24.5 Å². The number of nitrogens with zero attached hydrogens (tertiary/aromatic N) is 2. The van der Waals surface area contributed by atoms with Crippen LogP contribution in [0.2, 0.25) is 0 Å². The van der Waals surface area contributed by atoms with Gasteiger partial charge in [0.25, 0.3) is 11.8 Å². The first-order valence-corrected chi connectivity index (χ1v) is 8.98. The molecule has 0 spiro atoms. The van der Waals surface area contributed by atoms with E-state index in [1.165, 1.54) is 44.3 Å². The van der Waals surface area contributed by atoms with E-state index in [4.69, 9.17) is 4.74 Å². The van der Waals surface area contributed by atoms with Gasteiger partial charge in [-0.1, -0.05) is 20.8 Å². The van der Waals surface area contributed by atoms with Crippen LogP contribution in [0.5, 0.6) is 0 Å². The number of rotatable bonds is 6. The Morgan fingerprint density at radius 2 is 1.69 bits per heavy atom. The summed E-state index contributed by atoms with van der Waals surface area (Å²) in [7, 11) is 6.07. The minimum absolute atomic E-state index is 0.112. The minimum Gasteiger partial charge on any atom is -0.485 e. The summed E-state index contributed by atoms with van der Waals surface area (Å²) in [5.41, 5.74) is -1.15. The van der Waals surface area contributed by atoms with Crippen LogP contribution in [-0.4, -0.2) is 77.8 Å². The van der Waals surface area contributed by atoms with Gasteiger partial charge in [-0.2, -0.15) is 0 Å². The third-order valence-electron chi connectivity index (χ3n) is 5.19. The molecule has 0 bridgehead atoms. The van der Waals surface area contributed by atoms with Gasteiger partial charge in [-0.05, 0) is 30.8 Å². The highest BCUT2D eigenvalue weighted by Gasteiger charge is 2.48. The van der Waals surface area contributed by atoms with Crippen LogP contribution in [0, 0.1) is 11.3 Å². The fraction of sp³-hybridized carbons (Fsp3) is 0.789. The van der Waals surface area contributed by atoms with Crippen LogP contribution < -0.4 is 0 Å². The van der Waals surface area contributed by atoms with Crippen molar-refractivity contribution in [3.8, 4) is 0 Å². The molecule has 2 N–H and O–H groups in total. The number of ether oxygens (including phenoxy) is 1. The van der Waals surface area contributed by atoms with E-state index in [1.807, 2.05) is 20.8 Å². The summed E-state index contributed by atoms with van der Waals surface area (Å²) < 4.78 is 5.49. The zero-order valence-electron chi connectivity index (χ0n) is 17.0. The van der Waals surface area contributed by atoms with E-state index >= 15 is 0 Å². The normalized spacial score (nSPS) is 25.8. The van der Waals surface area contributed by atoms with Crippen molar-refractivity contribution in [2.75, 3.05) is 28.2 Å². The van der Waals surface area contributed by atoms with Crippen LogP contribution in [-0.2, 0) is 14.3 Å². The Bertz CT molecular complexity index is 539. The molecule has 0 heterocycles. The summed E-state index contributed by atoms with van der Waals surface area (Å²) in [5, 5.41) is 21.3. The van der Waals surface area contributed by atoms with Gasteiger partial charge in [0.05, 0.1) is 11.9 Å². The molecule has 2 amide bonds. The monoisotopic (exact) mass is 370 g/mol. The van der Waals surface area contributed by atoms with Crippen molar-refractivity contribution in [3.63, 3.8) is 0 Å². The molecule has 1 aliphatic rings. The summed E-state index contributed by atoms with van der Waals surface area (Å²) in [5.74, 6) is -1.22. The molecule has 26 heavy (non-hydrogen) atoms. The van der Waals surface area contributed by atoms with Crippen LogP contribution in [0.1, 0.15) is 40.0 Å². The predicted octanol–water partition coefficient (Wildman–Crippen LogP) is 1.000. The van der Waals surface area contributed by atoms with E-state index in [0.29, 0.717) is 6.42 Å². The largest absolute Gasteiger partial charge is 0.485 e.